The minimum atomic E-state index is -0.648. The summed E-state index contributed by atoms with van der Waals surface area (Å²) in [5.41, 5.74) is -0.578. The highest BCUT2D eigenvalue weighted by Crippen LogP contribution is 2.13. The summed E-state index contributed by atoms with van der Waals surface area (Å²) in [5, 5.41) is 3.07. The maximum absolute atomic E-state index is 12.1. The first-order chi connectivity index (χ1) is 8.85. The first-order valence-corrected chi connectivity index (χ1v) is 6.33. The van der Waals surface area contributed by atoms with E-state index in [-0.39, 0.29) is 6.61 Å². The number of rotatable bonds is 3. The standard InChI is InChI=1S/C13H22N2O4/c1-5-8-18-12(17)15-7-6-14-9-10(15)11(16)19-13(2,3)4/h5,10,14H,1,6-9H2,2-4H3/t10-/m0/s1. The summed E-state index contributed by atoms with van der Waals surface area (Å²) < 4.78 is 10.3. The number of ether oxygens (including phenoxy) is 2. The summed E-state index contributed by atoms with van der Waals surface area (Å²) in [6, 6.07) is -0.648. The summed E-state index contributed by atoms with van der Waals surface area (Å²) >= 11 is 0. The zero-order valence-corrected chi connectivity index (χ0v) is 11.8. The Labute approximate surface area is 113 Å². The molecule has 1 saturated heterocycles. The van der Waals surface area contributed by atoms with Crippen LogP contribution in [0.3, 0.4) is 0 Å². The van der Waals surface area contributed by atoms with E-state index in [0.29, 0.717) is 19.6 Å². The third kappa shape index (κ3) is 4.90. The maximum atomic E-state index is 12.1. The van der Waals surface area contributed by atoms with Crippen molar-refractivity contribution >= 4 is 12.1 Å². The molecule has 1 aliphatic heterocycles. The Kier molecular flexibility index (Phi) is 5.35. The lowest BCUT2D eigenvalue weighted by Gasteiger charge is -2.35. The van der Waals surface area contributed by atoms with Crippen molar-refractivity contribution in [2.75, 3.05) is 26.2 Å². The van der Waals surface area contributed by atoms with Crippen molar-refractivity contribution in [3.8, 4) is 0 Å². The van der Waals surface area contributed by atoms with E-state index in [1.165, 1.54) is 11.0 Å². The van der Waals surface area contributed by atoms with Gasteiger partial charge < -0.3 is 14.8 Å². The number of amides is 1. The van der Waals surface area contributed by atoms with E-state index in [9.17, 15) is 9.59 Å². The van der Waals surface area contributed by atoms with E-state index in [1.807, 2.05) is 0 Å². The van der Waals surface area contributed by atoms with E-state index in [0.717, 1.165) is 0 Å². The second-order valence-electron chi connectivity index (χ2n) is 5.31. The van der Waals surface area contributed by atoms with Crippen LogP contribution in [0.5, 0.6) is 0 Å². The second-order valence-corrected chi connectivity index (χ2v) is 5.31. The van der Waals surface area contributed by atoms with E-state index < -0.39 is 23.7 Å². The molecule has 0 aromatic heterocycles. The molecule has 6 nitrogen and oxygen atoms in total. The largest absolute Gasteiger partial charge is 0.458 e. The smallest absolute Gasteiger partial charge is 0.410 e. The lowest BCUT2D eigenvalue weighted by Crippen LogP contribution is -2.58. The Morgan fingerprint density at radius 2 is 2.16 bits per heavy atom. The fraction of sp³-hybridized carbons (Fsp3) is 0.692. The molecular formula is C13H22N2O4. The van der Waals surface area contributed by atoms with Gasteiger partial charge in [-0.05, 0) is 20.8 Å². The molecule has 1 rings (SSSR count). The van der Waals surface area contributed by atoms with Gasteiger partial charge in [0.1, 0.15) is 18.2 Å². The summed E-state index contributed by atoms with van der Waals surface area (Å²) in [4.78, 5) is 25.3. The zero-order valence-electron chi connectivity index (χ0n) is 11.8. The van der Waals surface area contributed by atoms with Crippen molar-refractivity contribution in [1.82, 2.24) is 10.2 Å². The van der Waals surface area contributed by atoms with Gasteiger partial charge in [0.05, 0.1) is 0 Å². The normalized spacial score (nSPS) is 19.7. The van der Waals surface area contributed by atoms with Gasteiger partial charge in [-0.15, -0.1) is 0 Å². The van der Waals surface area contributed by atoms with Gasteiger partial charge in [-0.25, -0.2) is 9.59 Å². The Morgan fingerprint density at radius 3 is 2.74 bits per heavy atom. The SMILES string of the molecule is C=CCOC(=O)N1CCNC[C@H]1C(=O)OC(C)(C)C. The third-order valence-electron chi connectivity index (χ3n) is 2.48. The molecule has 0 bridgehead atoms. The van der Waals surface area contributed by atoms with Gasteiger partial charge in [-0.3, -0.25) is 4.90 Å². The third-order valence-corrected chi connectivity index (χ3v) is 2.48. The number of carbonyl (C=O) groups is 2. The van der Waals surface area contributed by atoms with Crippen LogP contribution in [0.2, 0.25) is 0 Å². The summed E-state index contributed by atoms with van der Waals surface area (Å²) in [7, 11) is 0. The summed E-state index contributed by atoms with van der Waals surface area (Å²) in [6.07, 6.45) is 0.972. The molecule has 1 amide bonds. The molecule has 0 aromatic carbocycles. The van der Waals surface area contributed by atoms with Crippen molar-refractivity contribution in [2.45, 2.75) is 32.4 Å². The number of esters is 1. The molecule has 0 saturated carbocycles. The number of nitrogens with one attached hydrogen (secondary N) is 1. The number of carbonyl (C=O) groups excluding carboxylic acids is 2. The van der Waals surface area contributed by atoms with E-state index in [4.69, 9.17) is 9.47 Å². The van der Waals surface area contributed by atoms with Gasteiger partial charge in [0, 0.05) is 19.6 Å². The molecular weight excluding hydrogens is 248 g/mol. The van der Waals surface area contributed by atoms with E-state index >= 15 is 0 Å². The molecule has 108 valence electrons. The topological polar surface area (TPSA) is 67.9 Å². The average molecular weight is 270 g/mol. The average Bonchev–Trinajstić information content (AvgIpc) is 2.34. The fourth-order valence-electron chi connectivity index (χ4n) is 1.72. The number of hydrogen-bond donors (Lipinski definition) is 1. The van der Waals surface area contributed by atoms with Gasteiger partial charge in [-0.2, -0.15) is 0 Å². The van der Waals surface area contributed by atoms with Crippen LogP contribution in [-0.2, 0) is 14.3 Å². The Hall–Kier alpha value is -1.56. The minimum absolute atomic E-state index is 0.129. The first kappa shape index (κ1) is 15.5. The molecule has 1 aliphatic rings. The van der Waals surface area contributed by atoms with Gasteiger partial charge in [0.25, 0.3) is 0 Å². The van der Waals surface area contributed by atoms with Crippen molar-refractivity contribution in [3.63, 3.8) is 0 Å². The van der Waals surface area contributed by atoms with Gasteiger partial charge in [-0.1, -0.05) is 12.7 Å². The molecule has 1 atom stereocenters. The van der Waals surface area contributed by atoms with Crippen molar-refractivity contribution in [2.24, 2.45) is 0 Å². The highest BCUT2D eigenvalue weighted by molar-refractivity contribution is 5.82. The molecule has 6 heteroatoms. The van der Waals surface area contributed by atoms with Crippen LogP contribution in [0.4, 0.5) is 4.79 Å². The lowest BCUT2D eigenvalue weighted by molar-refractivity contribution is -0.161. The lowest BCUT2D eigenvalue weighted by atomic mass is 10.1. The predicted molar refractivity (Wildman–Crippen MR) is 70.8 cm³/mol. The van der Waals surface area contributed by atoms with Crippen LogP contribution in [0, 0.1) is 0 Å². The Bertz CT molecular complexity index is 349. The van der Waals surface area contributed by atoms with E-state index in [2.05, 4.69) is 11.9 Å². The van der Waals surface area contributed by atoms with Crippen LogP contribution >= 0.6 is 0 Å². The maximum Gasteiger partial charge on any atom is 0.410 e. The molecule has 19 heavy (non-hydrogen) atoms. The molecule has 0 aromatic rings. The molecule has 1 fully saturated rings. The summed E-state index contributed by atoms with van der Waals surface area (Å²) in [6.45, 7) is 10.4. The van der Waals surface area contributed by atoms with Crippen molar-refractivity contribution in [3.05, 3.63) is 12.7 Å². The van der Waals surface area contributed by atoms with Crippen LogP contribution in [0.1, 0.15) is 20.8 Å². The van der Waals surface area contributed by atoms with Crippen LogP contribution < -0.4 is 5.32 Å². The molecule has 0 radical (unpaired) electrons. The first-order valence-electron chi connectivity index (χ1n) is 6.33. The molecule has 0 aliphatic carbocycles. The Balaban J connectivity index is 2.69. The number of nitrogens with zero attached hydrogens (tertiary/aromatic N) is 1. The number of hydrogen-bond acceptors (Lipinski definition) is 5. The van der Waals surface area contributed by atoms with Crippen molar-refractivity contribution < 1.29 is 19.1 Å². The highest BCUT2D eigenvalue weighted by Gasteiger charge is 2.35. The van der Waals surface area contributed by atoms with Gasteiger partial charge in [0.2, 0.25) is 0 Å². The zero-order chi connectivity index (χ0) is 14.5. The predicted octanol–water partition coefficient (Wildman–Crippen LogP) is 0.924. The Morgan fingerprint density at radius 1 is 1.47 bits per heavy atom. The van der Waals surface area contributed by atoms with Crippen LogP contribution in [-0.4, -0.2) is 54.8 Å². The van der Waals surface area contributed by atoms with Crippen LogP contribution in [0.25, 0.3) is 0 Å². The molecule has 0 unspecified atom stereocenters. The fourth-order valence-corrected chi connectivity index (χ4v) is 1.72. The van der Waals surface area contributed by atoms with E-state index in [1.54, 1.807) is 20.8 Å². The van der Waals surface area contributed by atoms with Gasteiger partial charge in [0.15, 0.2) is 0 Å². The summed E-state index contributed by atoms with van der Waals surface area (Å²) in [5.74, 6) is -0.421. The minimum Gasteiger partial charge on any atom is -0.458 e. The molecule has 1 N–H and O–H groups in total. The monoisotopic (exact) mass is 270 g/mol. The quantitative estimate of drug-likeness (QED) is 0.610. The van der Waals surface area contributed by atoms with Crippen LogP contribution in [0.15, 0.2) is 12.7 Å². The molecule has 0 spiro atoms. The number of piperazine rings is 1. The highest BCUT2D eigenvalue weighted by atomic mass is 16.6. The van der Waals surface area contributed by atoms with Gasteiger partial charge >= 0.3 is 12.1 Å². The second kappa shape index (κ2) is 6.56. The van der Waals surface area contributed by atoms with Crippen molar-refractivity contribution in [1.29, 1.82) is 0 Å². The molecule has 1 heterocycles.